The lowest BCUT2D eigenvalue weighted by Crippen LogP contribution is -2.14. The summed E-state index contributed by atoms with van der Waals surface area (Å²) in [4.78, 5) is 14.7. The molecule has 1 heterocycles. The maximum absolute atomic E-state index is 13.4. The number of H-pyrrole nitrogens is 1. The van der Waals surface area contributed by atoms with Gasteiger partial charge in [-0.15, -0.1) is 0 Å². The molecule has 0 saturated heterocycles. The summed E-state index contributed by atoms with van der Waals surface area (Å²) >= 11 is 0. The Balaban J connectivity index is 2.19. The smallest absolute Gasteiger partial charge is 0.305 e. The molecule has 3 aromatic rings. The fourth-order valence-electron chi connectivity index (χ4n) is 2.28. The normalized spacial score (nSPS) is 12.0. The van der Waals surface area contributed by atoms with Crippen LogP contribution in [0.5, 0.6) is 0 Å². The molecular formula is C16H13FN2O. The molecule has 0 saturated carbocycles. The molecule has 0 fully saturated rings. The van der Waals surface area contributed by atoms with E-state index in [9.17, 15) is 9.18 Å². The summed E-state index contributed by atoms with van der Waals surface area (Å²) in [5.74, 6) is -0.363. The van der Waals surface area contributed by atoms with E-state index in [4.69, 9.17) is 0 Å². The Bertz CT molecular complexity index is 844. The first-order valence-electron chi connectivity index (χ1n) is 6.29. The van der Waals surface area contributed by atoms with Crippen LogP contribution in [0.2, 0.25) is 0 Å². The van der Waals surface area contributed by atoms with E-state index < -0.39 is 0 Å². The monoisotopic (exact) mass is 268 g/mol. The van der Waals surface area contributed by atoms with Crippen molar-refractivity contribution >= 4 is 22.8 Å². The van der Waals surface area contributed by atoms with Crippen molar-refractivity contribution in [1.29, 1.82) is 0 Å². The maximum Gasteiger partial charge on any atom is 0.330 e. The van der Waals surface area contributed by atoms with E-state index in [2.05, 4.69) is 4.98 Å². The predicted molar refractivity (Wildman–Crippen MR) is 78.8 cm³/mol. The van der Waals surface area contributed by atoms with E-state index in [1.807, 2.05) is 43.3 Å². The Morgan fingerprint density at radius 2 is 1.95 bits per heavy atom. The second-order valence-electron chi connectivity index (χ2n) is 4.62. The van der Waals surface area contributed by atoms with Crippen LogP contribution in [0.3, 0.4) is 0 Å². The van der Waals surface area contributed by atoms with Gasteiger partial charge in [0.15, 0.2) is 0 Å². The van der Waals surface area contributed by atoms with Crippen molar-refractivity contribution in [2.24, 2.45) is 0 Å². The number of hydrogen-bond acceptors (Lipinski definition) is 1. The first-order chi connectivity index (χ1) is 9.65. The number of allylic oxidation sites excluding steroid dienone is 1. The zero-order valence-electron chi connectivity index (χ0n) is 10.9. The van der Waals surface area contributed by atoms with Crippen molar-refractivity contribution in [2.75, 3.05) is 0 Å². The summed E-state index contributed by atoms with van der Waals surface area (Å²) in [7, 11) is 0. The maximum atomic E-state index is 13.4. The number of halogens is 1. The van der Waals surface area contributed by atoms with Gasteiger partial charge in [-0.1, -0.05) is 30.3 Å². The lowest BCUT2D eigenvalue weighted by Gasteiger charge is -2.04. The molecule has 0 atom stereocenters. The third kappa shape index (κ3) is 2.16. The van der Waals surface area contributed by atoms with Crippen LogP contribution in [0.15, 0.2) is 53.3 Å². The Hall–Kier alpha value is -2.62. The highest BCUT2D eigenvalue weighted by Crippen LogP contribution is 2.17. The van der Waals surface area contributed by atoms with Crippen LogP contribution in [0, 0.1) is 5.82 Å². The fraction of sp³-hybridized carbons (Fsp3) is 0.0625. The highest BCUT2D eigenvalue weighted by atomic mass is 19.1. The Morgan fingerprint density at radius 3 is 2.70 bits per heavy atom. The first kappa shape index (κ1) is 12.4. The van der Waals surface area contributed by atoms with Crippen LogP contribution in [0.25, 0.3) is 22.8 Å². The number of benzene rings is 2. The van der Waals surface area contributed by atoms with Gasteiger partial charge in [-0.2, -0.15) is 0 Å². The van der Waals surface area contributed by atoms with E-state index in [1.165, 1.54) is 16.7 Å². The number of aromatic amines is 1. The third-order valence-electron chi connectivity index (χ3n) is 3.17. The van der Waals surface area contributed by atoms with Gasteiger partial charge in [0.2, 0.25) is 0 Å². The third-order valence-corrected chi connectivity index (χ3v) is 3.17. The molecule has 100 valence electrons. The summed E-state index contributed by atoms with van der Waals surface area (Å²) in [6, 6.07) is 13.9. The minimum absolute atomic E-state index is 0.268. The van der Waals surface area contributed by atoms with E-state index in [-0.39, 0.29) is 11.5 Å². The summed E-state index contributed by atoms with van der Waals surface area (Å²) in [6.07, 6.45) is 1.89. The van der Waals surface area contributed by atoms with Crippen LogP contribution in [0.1, 0.15) is 12.5 Å². The van der Waals surface area contributed by atoms with E-state index in [0.717, 1.165) is 11.3 Å². The van der Waals surface area contributed by atoms with Gasteiger partial charge >= 0.3 is 5.69 Å². The molecule has 1 N–H and O–H groups in total. The molecule has 4 heteroatoms. The molecule has 0 amide bonds. The number of rotatable bonds is 2. The van der Waals surface area contributed by atoms with Gasteiger partial charge in [-0.3, -0.25) is 4.57 Å². The largest absolute Gasteiger partial charge is 0.330 e. The molecule has 3 rings (SSSR count). The Morgan fingerprint density at radius 1 is 1.20 bits per heavy atom. The average Bonchev–Trinajstić information content (AvgIpc) is 2.75. The number of imidazole rings is 1. The molecule has 0 aliphatic heterocycles. The number of aromatic nitrogens is 2. The van der Waals surface area contributed by atoms with Crippen LogP contribution in [0.4, 0.5) is 4.39 Å². The summed E-state index contributed by atoms with van der Waals surface area (Å²) in [6.45, 7) is 1.83. The zero-order chi connectivity index (χ0) is 14.1. The Kier molecular flexibility index (Phi) is 2.99. The van der Waals surface area contributed by atoms with Crippen molar-refractivity contribution in [3.63, 3.8) is 0 Å². The van der Waals surface area contributed by atoms with Gasteiger partial charge in [0, 0.05) is 11.8 Å². The van der Waals surface area contributed by atoms with Crippen LogP contribution < -0.4 is 5.69 Å². The highest BCUT2D eigenvalue weighted by Gasteiger charge is 2.08. The first-order valence-corrected chi connectivity index (χ1v) is 6.29. The van der Waals surface area contributed by atoms with Crippen LogP contribution in [-0.4, -0.2) is 9.55 Å². The zero-order valence-corrected chi connectivity index (χ0v) is 10.9. The van der Waals surface area contributed by atoms with Gasteiger partial charge in [0.1, 0.15) is 5.82 Å². The molecule has 0 spiro atoms. The molecule has 1 aromatic heterocycles. The van der Waals surface area contributed by atoms with Crippen molar-refractivity contribution < 1.29 is 4.39 Å². The summed E-state index contributed by atoms with van der Waals surface area (Å²) in [5.41, 5.74) is 2.62. The lowest BCUT2D eigenvalue weighted by atomic mass is 10.2. The standard InChI is InChI=1S/C16H13FN2O/c1-11(9-12-5-3-2-4-6-12)19-15-10-13(17)7-8-14(15)18-16(19)20/h2-10H,1H3,(H,18,20). The van der Waals surface area contributed by atoms with Gasteiger partial charge in [-0.25, -0.2) is 9.18 Å². The highest BCUT2D eigenvalue weighted by molar-refractivity contribution is 5.82. The van der Waals surface area contributed by atoms with Crippen molar-refractivity contribution in [3.05, 3.63) is 70.4 Å². The second kappa shape index (κ2) is 4.81. The van der Waals surface area contributed by atoms with Gasteiger partial charge < -0.3 is 4.98 Å². The lowest BCUT2D eigenvalue weighted by molar-refractivity contribution is 0.629. The predicted octanol–water partition coefficient (Wildman–Crippen LogP) is 3.49. The number of nitrogens with one attached hydrogen (secondary N) is 1. The minimum Gasteiger partial charge on any atom is -0.305 e. The summed E-state index contributed by atoms with van der Waals surface area (Å²) < 4.78 is 14.8. The van der Waals surface area contributed by atoms with Crippen molar-refractivity contribution in [3.8, 4) is 0 Å². The fourth-order valence-corrected chi connectivity index (χ4v) is 2.28. The van der Waals surface area contributed by atoms with Gasteiger partial charge in [0.05, 0.1) is 11.0 Å². The van der Waals surface area contributed by atoms with Crippen molar-refractivity contribution in [1.82, 2.24) is 9.55 Å². The van der Waals surface area contributed by atoms with E-state index in [0.29, 0.717) is 11.0 Å². The molecular weight excluding hydrogens is 255 g/mol. The number of fused-ring (bicyclic) bond motifs is 1. The number of nitrogens with zero attached hydrogens (tertiary/aromatic N) is 1. The molecule has 0 unspecified atom stereocenters. The average molecular weight is 268 g/mol. The van der Waals surface area contributed by atoms with Gasteiger partial charge in [-0.05, 0) is 30.7 Å². The minimum atomic E-state index is -0.363. The number of hydrogen-bond donors (Lipinski definition) is 1. The van der Waals surface area contributed by atoms with Crippen LogP contribution >= 0.6 is 0 Å². The van der Waals surface area contributed by atoms with Gasteiger partial charge in [0.25, 0.3) is 0 Å². The summed E-state index contributed by atoms with van der Waals surface area (Å²) in [5, 5.41) is 0. The molecule has 0 radical (unpaired) electrons. The SMILES string of the molecule is CC(=Cc1ccccc1)n1c(=O)[nH]c2ccc(F)cc21. The molecule has 0 aliphatic rings. The molecule has 3 nitrogen and oxygen atoms in total. The molecule has 0 aliphatic carbocycles. The molecule has 2 aromatic carbocycles. The van der Waals surface area contributed by atoms with E-state index >= 15 is 0 Å². The molecule has 20 heavy (non-hydrogen) atoms. The Labute approximate surface area is 115 Å². The molecule has 0 bridgehead atoms. The van der Waals surface area contributed by atoms with Crippen LogP contribution in [-0.2, 0) is 0 Å². The topological polar surface area (TPSA) is 37.8 Å². The van der Waals surface area contributed by atoms with E-state index in [1.54, 1.807) is 6.07 Å². The van der Waals surface area contributed by atoms with Crippen molar-refractivity contribution in [2.45, 2.75) is 6.92 Å². The quantitative estimate of drug-likeness (QED) is 0.759. The second-order valence-corrected chi connectivity index (χ2v) is 4.62.